The number of aliphatic hydroxyl groups is 1. The fraction of sp³-hybridized carbons (Fsp3) is 0.455. The van der Waals surface area contributed by atoms with Crippen molar-refractivity contribution in [3.63, 3.8) is 0 Å². The number of nitrogens with zero attached hydrogens (tertiary/aromatic N) is 2. The lowest BCUT2D eigenvalue weighted by Gasteiger charge is -2.05. The zero-order chi connectivity index (χ0) is 11.6. The summed E-state index contributed by atoms with van der Waals surface area (Å²) in [7, 11) is 0. The van der Waals surface area contributed by atoms with E-state index in [1.54, 1.807) is 12.1 Å². The van der Waals surface area contributed by atoms with Gasteiger partial charge in [0.15, 0.2) is 0 Å². The van der Waals surface area contributed by atoms with Gasteiger partial charge in [0.25, 0.3) is 0 Å². The molecule has 0 aliphatic carbocycles. The van der Waals surface area contributed by atoms with Gasteiger partial charge < -0.3 is 15.2 Å². The van der Waals surface area contributed by atoms with Gasteiger partial charge in [-0.3, -0.25) is 0 Å². The van der Waals surface area contributed by atoms with E-state index in [1.165, 1.54) is 0 Å². The van der Waals surface area contributed by atoms with E-state index >= 15 is 0 Å². The smallest absolute Gasteiger partial charge is 0.142 e. The van der Waals surface area contributed by atoms with E-state index in [1.807, 2.05) is 12.1 Å². The molecule has 5 heteroatoms. The number of hydrogen-bond donors (Lipinski definition) is 2. The Kier molecular flexibility index (Phi) is 5.92. The van der Waals surface area contributed by atoms with Gasteiger partial charge in [0.05, 0.1) is 13.2 Å². The molecule has 1 aromatic heterocycles. The van der Waals surface area contributed by atoms with Crippen molar-refractivity contribution in [2.24, 2.45) is 0 Å². The molecule has 2 N–H and O–H groups in total. The largest absolute Gasteiger partial charge is 0.394 e. The molecule has 16 heavy (non-hydrogen) atoms. The van der Waals surface area contributed by atoms with Gasteiger partial charge in [0.2, 0.25) is 0 Å². The molecule has 0 amide bonds. The zero-order valence-electron chi connectivity index (χ0n) is 9.02. The van der Waals surface area contributed by atoms with Crippen molar-refractivity contribution in [3.8, 4) is 6.07 Å². The first-order valence-corrected chi connectivity index (χ1v) is 5.16. The summed E-state index contributed by atoms with van der Waals surface area (Å²) in [4.78, 5) is 4.07. The van der Waals surface area contributed by atoms with Gasteiger partial charge >= 0.3 is 0 Å². The molecule has 0 saturated heterocycles. The Bertz CT molecular complexity index is 349. The van der Waals surface area contributed by atoms with E-state index in [0.717, 1.165) is 13.0 Å². The van der Waals surface area contributed by atoms with Gasteiger partial charge in [-0.25, -0.2) is 4.98 Å². The average molecular weight is 221 g/mol. The monoisotopic (exact) mass is 221 g/mol. The summed E-state index contributed by atoms with van der Waals surface area (Å²) in [6.45, 7) is 1.76. The highest BCUT2D eigenvalue weighted by Crippen LogP contribution is 2.03. The Morgan fingerprint density at radius 3 is 3.06 bits per heavy atom. The summed E-state index contributed by atoms with van der Waals surface area (Å²) >= 11 is 0. The Morgan fingerprint density at radius 1 is 1.44 bits per heavy atom. The first kappa shape index (κ1) is 12.4. The molecular weight excluding hydrogens is 206 g/mol. The summed E-state index contributed by atoms with van der Waals surface area (Å²) in [5, 5.41) is 20.2. The van der Waals surface area contributed by atoms with Crippen molar-refractivity contribution in [2.45, 2.75) is 6.42 Å². The molecule has 0 unspecified atom stereocenters. The van der Waals surface area contributed by atoms with Gasteiger partial charge in [-0.05, 0) is 18.6 Å². The molecule has 86 valence electrons. The fourth-order valence-electron chi connectivity index (χ4n) is 1.15. The van der Waals surface area contributed by atoms with Crippen LogP contribution in [0, 0.1) is 11.3 Å². The van der Waals surface area contributed by atoms with Gasteiger partial charge in [0, 0.05) is 13.2 Å². The quantitative estimate of drug-likeness (QED) is 0.665. The third-order valence-electron chi connectivity index (χ3n) is 1.87. The van der Waals surface area contributed by atoms with Crippen LogP contribution in [-0.2, 0) is 4.74 Å². The minimum absolute atomic E-state index is 0.0548. The van der Waals surface area contributed by atoms with E-state index in [-0.39, 0.29) is 6.61 Å². The van der Waals surface area contributed by atoms with E-state index in [2.05, 4.69) is 10.3 Å². The molecule has 0 saturated carbocycles. The second-order valence-electron chi connectivity index (χ2n) is 3.14. The highest BCUT2D eigenvalue weighted by atomic mass is 16.5. The minimum Gasteiger partial charge on any atom is -0.394 e. The van der Waals surface area contributed by atoms with Crippen molar-refractivity contribution in [3.05, 3.63) is 23.9 Å². The molecule has 0 atom stereocenters. The second kappa shape index (κ2) is 7.63. The molecule has 1 rings (SSSR count). The molecule has 0 fully saturated rings. The number of anilines is 1. The van der Waals surface area contributed by atoms with Crippen LogP contribution in [0.5, 0.6) is 0 Å². The van der Waals surface area contributed by atoms with Crippen LogP contribution in [0.3, 0.4) is 0 Å². The number of nitriles is 1. The van der Waals surface area contributed by atoms with Crippen molar-refractivity contribution >= 4 is 5.82 Å². The van der Waals surface area contributed by atoms with Gasteiger partial charge in [-0.15, -0.1) is 0 Å². The van der Waals surface area contributed by atoms with E-state index in [9.17, 15) is 0 Å². The molecule has 5 nitrogen and oxygen atoms in total. The summed E-state index contributed by atoms with van der Waals surface area (Å²) in [6, 6.07) is 7.25. The summed E-state index contributed by atoms with van der Waals surface area (Å²) < 4.78 is 5.10. The summed E-state index contributed by atoms with van der Waals surface area (Å²) in [5.41, 5.74) is 0.404. The fourth-order valence-corrected chi connectivity index (χ4v) is 1.15. The molecule has 0 aromatic carbocycles. The lowest BCUT2D eigenvalue weighted by Crippen LogP contribution is -2.08. The molecular formula is C11H15N3O2. The number of hydrogen-bond acceptors (Lipinski definition) is 5. The molecule has 0 spiro atoms. The Labute approximate surface area is 94.7 Å². The normalized spacial score (nSPS) is 9.75. The molecule has 0 radical (unpaired) electrons. The Morgan fingerprint density at radius 2 is 2.31 bits per heavy atom. The molecule has 0 bridgehead atoms. The number of rotatable bonds is 7. The van der Waals surface area contributed by atoms with Crippen LogP contribution >= 0.6 is 0 Å². The van der Waals surface area contributed by atoms with E-state index in [4.69, 9.17) is 15.1 Å². The van der Waals surface area contributed by atoms with Gasteiger partial charge in [-0.1, -0.05) is 6.07 Å². The molecule has 1 heterocycles. The number of aliphatic hydroxyl groups excluding tert-OH is 1. The topological polar surface area (TPSA) is 78.2 Å². The van der Waals surface area contributed by atoms with Crippen LogP contribution in [0.15, 0.2) is 18.2 Å². The van der Waals surface area contributed by atoms with Crippen molar-refractivity contribution in [1.29, 1.82) is 5.26 Å². The Balaban J connectivity index is 2.19. The average Bonchev–Trinajstić information content (AvgIpc) is 2.34. The molecule has 1 aromatic rings. The summed E-state index contributed by atoms with van der Waals surface area (Å²) in [6.07, 6.45) is 0.832. The highest BCUT2D eigenvalue weighted by Gasteiger charge is 1.95. The predicted molar refractivity (Wildman–Crippen MR) is 60.0 cm³/mol. The second-order valence-corrected chi connectivity index (χ2v) is 3.14. The standard InChI is InChI=1S/C11H15N3O2/c12-9-10-3-1-4-11(14-10)13-5-2-7-16-8-6-15/h1,3-4,15H,2,5-8H2,(H,13,14). The first-order chi connectivity index (χ1) is 7.86. The highest BCUT2D eigenvalue weighted by molar-refractivity contribution is 5.38. The van der Waals surface area contributed by atoms with Crippen molar-refractivity contribution in [1.82, 2.24) is 4.98 Å². The van der Waals surface area contributed by atoms with Gasteiger partial charge in [-0.2, -0.15) is 5.26 Å². The van der Waals surface area contributed by atoms with Crippen LogP contribution in [-0.4, -0.2) is 36.5 Å². The van der Waals surface area contributed by atoms with E-state index < -0.39 is 0 Å². The SMILES string of the molecule is N#Cc1cccc(NCCCOCCO)n1. The maximum atomic E-state index is 8.65. The summed E-state index contributed by atoms with van der Waals surface area (Å²) in [5.74, 6) is 0.696. The number of aromatic nitrogens is 1. The van der Waals surface area contributed by atoms with Crippen LogP contribution in [0.25, 0.3) is 0 Å². The Hall–Kier alpha value is -1.64. The number of ether oxygens (including phenoxy) is 1. The third-order valence-corrected chi connectivity index (χ3v) is 1.87. The number of nitrogens with one attached hydrogen (secondary N) is 1. The van der Waals surface area contributed by atoms with Gasteiger partial charge in [0.1, 0.15) is 17.6 Å². The minimum atomic E-state index is 0.0548. The molecule has 0 aliphatic rings. The van der Waals surface area contributed by atoms with Crippen LogP contribution < -0.4 is 5.32 Å². The number of pyridine rings is 1. The molecule has 0 aliphatic heterocycles. The van der Waals surface area contributed by atoms with E-state index in [0.29, 0.717) is 24.7 Å². The predicted octanol–water partition coefficient (Wildman–Crippen LogP) is 0.764. The van der Waals surface area contributed by atoms with Crippen LogP contribution in [0.1, 0.15) is 12.1 Å². The van der Waals surface area contributed by atoms with Crippen molar-refractivity contribution < 1.29 is 9.84 Å². The first-order valence-electron chi connectivity index (χ1n) is 5.16. The van der Waals surface area contributed by atoms with Crippen molar-refractivity contribution in [2.75, 3.05) is 31.7 Å². The maximum Gasteiger partial charge on any atom is 0.142 e. The maximum absolute atomic E-state index is 8.65. The lowest BCUT2D eigenvalue weighted by molar-refractivity contribution is 0.0922. The van der Waals surface area contributed by atoms with Crippen LogP contribution in [0.4, 0.5) is 5.82 Å². The third kappa shape index (κ3) is 4.73. The lowest BCUT2D eigenvalue weighted by atomic mass is 10.3. The zero-order valence-corrected chi connectivity index (χ0v) is 9.02. The van der Waals surface area contributed by atoms with Crippen LogP contribution in [0.2, 0.25) is 0 Å².